The van der Waals surface area contributed by atoms with Gasteiger partial charge in [0.2, 0.25) is 5.78 Å². The lowest BCUT2D eigenvalue weighted by molar-refractivity contribution is -0.140. The molecule has 0 amide bonds. The van der Waals surface area contributed by atoms with Gasteiger partial charge in [-0.15, -0.1) is 5.10 Å². The summed E-state index contributed by atoms with van der Waals surface area (Å²) in [4.78, 5) is 44.2. The van der Waals surface area contributed by atoms with Crippen LogP contribution in [0.25, 0.3) is 5.78 Å². The first-order chi connectivity index (χ1) is 13.8. The van der Waals surface area contributed by atoms with Gasteiger partial charge in [0.05, 0.1) is 13.5 Å². The number of aromatic nitrogens is 5. The first-order valence-electron chi connectivity index (χ1n) is 8.94. The van der Waals surface area contributed by atoms with Crippen LogP contribution in [-0.2, 0) is 20.8 Å². The summed E-state index contributed by atoms with van der Waals surface area (Å²) in [5.74, 6) is -1.37. The van der Waals surface area contributed by atoms with E-state index in [1.165, 1.54) is 11.6 Å². The number of aryl methyl sites for hydroxylation is 2. The van der Waals surface area contributed by atoms with Gasteiger partial charge < -0.3 is 14.0 Å². The Kier molecular flexibility index (Phi) is 5.71. The van der Waals surface area contributed by atoms with Crippen LogP contribution in [-0.4, -0.2) is 55.6 Å². The molecule has 0 atom stereocenters. The van der Waals surface area contributed by atoms with Crippen molar-refractivity contribution in [3.8, 4) is 0 Å². The molecular formula is C19H21N5O5. The van der Waals surface area contributed by atoms with Crippen LogP contribution in [0, 0.1) is 20.8 Å². The van der Waals surface area contributed by atoms with Gasteiger partial charge in [-0.1, -0.05) is 0 Å². The fraction of sp³-hybridized carbons (Fsp3) is 0.368. The molecule has 0 aliphatic rings. The van der Waals surface area contributed by atoms with E-state index < -0.39 is 12.6 Å². The van der Waals surface area contributed by atoms with Gasteiger partial charge in [-0.2, -0.15) is 4.98 Å². The molecule has 3 rings (SSSR count). The summed E-state index contributed by atoms with van der Waals surface area (Å²) in [7, 11) is 1.33. The molecule has 10 nitrogen and oxygen atoms in total. The number of methoxy groups -OCH3 is 1. The predicted molar refractivity (Wildman–Crippen MR) is 101 cm³/mol. The number of nitrogens with zero attached hydrogens (tertiary/aromatic N) is 5. The number of carbonyl (C=O) groups excluding carboxylic acids is 3. The minimum atomic E-state index is -0.803. The number of ketones is 1. The van der Waals surface area contributed by atoms with E-state index in [1.807, 2.05) is 11.5 Å². The molecule has 3 aromatic heterocycles. The van der Waals surface area contributed by atoms with Crippen molar-refractivity contribution in [1.29, 1.82) is 0 Å². The highest BCUT2D eigenvalue weighted by Crippen LogP contribution is 2.17. The van der Waals surface area contributed by atoms with Gasteiger partial charge in [-0.05, 0) is 32.9 Å². The molecule has 0 N–H and O–H groups in total. The van der Waals surface area contributed by atoms with Crippen molar-refractivity contribution in [2.75, 3.05) is 13.7 Å². The molecular weight excluding hydrogens is 378 g/mol. The highest BCUT2D eigenvalue weighted by Gasteiger charge is 2.21. The van der Waals surface area contributed by atoms with E-state index in [4.69, 9.17) is 4.74 Å². The summed E-state index contributed by atoms with van der Waals surface area (Å²) in [5, 5.41) is 4.06. The molecule has 0 bridgehead atoms. The maximum atomic E-state index is 12.5. The second-order valence-corrected chi connectivity index (χ2v) is 6.50. The Morgan fingerprint density at radius 2 is 1.90 bits per heavy atom. The molecule has 0 fully saturated rings. The molecule has 0 radical (unpaired) electrons. The fourth-order valence-corrected chi connectivity index (χ4v) is 3.00. The van der Waals surface area contributed by atoms with Crippen molar-refractivity contribution in [2.45, 2.75) is 33.7 Å². The zero-order valence-electron chi connectivity index (χ0n) is 16.6. The summed E-state index contributed by atoms with van der Waals surface area (Å²) in [5.41, 5.74) is 2.71. The third kappa shape index (κ3) is 4.15. The van der Waals surface area contributed by atoms with Crippen LogP contribution in [0.1, 0.15) is 44.5 Å². The smallest absolute Gasteiger partial charge is 0.378 e. The molecule has 3 heterocycles. The van der Waals surface area contributed by atoms with Crippen molar-refractivity contribution in [1.82, 2.24) is 24.1 Å². The van der Waals surface area contributed by atoms with E-state index in [0.29, 0.717) is 17.8 Å². The molecule has 10 heteroatoms. The van der Waals surface area contributed by atoms with E-state index in [1.54, 1.807) is 32.2 Å². The van der Waals surface area contributed by atoms with E-state index >= 15 is 0 Å². The van der Waals surface area contributed by atoms with Crippen molar-refractivity contribution in [2.24, 2.45) is 0 Å². The van der Waals surface area contributed by atoms with Crippen LogP contribution in [0.15, 0.2) is 18.3 Å². The number of rotatable bonds is 7. The van der Waals surface area contributed by atoms with E-state index in [9.17, 15) is 14.4 Å². The molecule has 0 aromatic carbocycles. The Hall–Kier alpha value is -3.56. The molecule has 0 spiro atoms. The Morgan fingerprint density at radius 3 is 2.59 bits per heavy atom. The molecule has 0 unspecified atom stereocenters. The molecule has 0 aliphatic heterocycles. The van der Waals surface area contributed by atoms with E-state index in [2.05, 4.69) is 19.8 Å². The number of hydrogen-bond acceptors (Lipinski definition) is 8. The van der Waals surface area contributed by atoms with Crippen molar-refractivity contribution in [3.05, 3.63) is 46.8 Å². The second kappa shape index (κ2) is 8.21. The first kappa shape index (κ1) is 20.2. The van der Waals surface area contributed by atoms with Crippen LogP contribution in [0.2, 0.25) is 0 Å². The monoisotopic (exact) mass is 399 g/mol. The van der Waals surface area contributed by atoms with Gasteiger partial charge in [0.1, 0.15) is 0 Å². The summed E-state index contributed by atoms with van der Waals surface area (Å²) in [6.07, 6.45) is 1.76. The Labute approximate surface area is 166 Å². The van der Waals surface area contributed by atoms with Gasteiger partial charge in [-0.3, -0.25) is 9.59 Å². The zero-order valence-corrected chi connectivity index (χ0v) is 16.6. The lowest BCUT2D eigenvalue weighted by atomic mass is 10.1. The highest BCUT2D eigenvalue weighted by molar-refractivity contribution is 6.00. The number of hydrogen-bond donors (Lipinski definition) is 0. The second-order valence-electron chi connectivity index (χ2n) is 6.50. The Bertz CT molecular complexity index is 1100. The van der Waals surface area contributed by atoms with Crippen LogP contribution < -0.4 is 0 Å². The molecule has 29 heavy (non-hydrogen) atoms. The largest absolute Gasteiger partial charge is 0.469 e. The maximum absolute atomic E-state index is 12.5. The Morgan fingerprint density at radius 1 is 1.14 bits per heavy atom. The van der Waals surface area contributed by atoms with Crippen molar-refractivity contribution < 1.29 is 23.9 Å². The quantitative estimate of drug-likeness (QED) is 0.433. The number of ether oxygens (including phenoxy) is 2. The minimum Gasteiger partial charge on any atom is -0.469 e. The third-order valence-electron chi connectivity index (χ3n) is 4.59. The first-order valence-corrected chi connectivity index (χ1v) is 8.94. The van der Waals surface area contributed by atoms with Crippen LogP contribution in [0.5, 0.6) is 0 Å². The summed E-state index contributed by atoms with van der Waals surface area (Å²) in [6.45, 7) is 5.37. The van der Waals surface area contributed by atoms with Crippen molar-refractivity contribution >= 4 is 23.5 Å². The van der Waals surface area contributed by atoms with Gasteiger partial charge in [0.25, 0.3) is 11.6 Å². The van der Waals surface area contributed by atoms with Crippen LogP contribution in [0.3, 0.4) is 0 Å². The molecule has 0 saturated heterocycles. The number of esters is 2. The van der Waals surface area contributed by atoms with E-state index in [-0.39, 0.29) is 29.8 Å². The average Bonchev–Trinajstić information content (AvgIpc) is 3.26. The van der Waals surface area contributed by atoms with Crippen LogP contribution in [0.4, 0.5) is 0 Å². The molecule has 3 aromatic rings. The van der Waals surface area contributed by atoms with E-state index in [0.717, 1.165) is 11.4 Å². The SMILES string of the molecule is COC(=O)CCn1c(C)cc(C(=O)COC(=O)c2nc3nccc(C)n3n2)c1C. The standard InChI is InChI=1S/C19H21N5O5/c1-11-5-7-20-19-21-17(22-24(11)19)18(27)29-10-15(25)14-9-12(2)23(13(14)3)8-6-16(26)28-4/h5,7,9H,6,8,10H2,1-4H3. The zero-order chi connectivity index (χ0) is 21.1. The normalized spacial score (nSPS) is 10.9. The lowest BCUT2D eigenvalue weighted by Gasteiger charge is -2.08. The molecule has 0 saturated carbocycles. The van der Waals surface area contributed by atoms with Crippen molar-refractivity contribution in [3.63, 3.8) is 0 Å². The topological polar surface area (TPSA) is 118 Å². The van der Waals surface area contributed by atoms with Crippen LogP contribution >= 0.6 is 0 Å². The number of carbonyl (C=O) groups is 3. The lowest BCUT2D eigenvalue weighted by Crippen LogP contribution is -2.16. The summed E-state index contributed by atoms with van der Waals surface area (Å²) >= 11 is 0. The van der Waals surface area contributed by atoms with Gasteiger partial charge >= 0.3 is 11.9 Å². The number of Topliss-reactive ketones (excluding diaryl/α,β-unsaturated/α-hetero) is 1. The third-order valence-corrected chi connectivity index (χ3v) is 4.59. The van der Waals surface area contributed by atoms with Gasteiger partial charge in [-0.25, -0.2) is 14.3 Å². The maximum Gasteiger partial charge on any atom is 0.378 e. The predicted octanol–water partition coefficient (Wildman–Crippen LogP) is 1.45. The van der Waals surface area contributed by atoms with Gasteiger partial charge in [0, 0.05) is 35.4 Å². The molecule has 152 valence electrons. The highest BCUT2D eigenvalue weighted by atomic mass is 16.5. The number of fused-ring (bicyclic) bond motifs is 1. The van der Waals surface area contributed by atoms with Gasteiger partial charge in [0.15, 0.2) is 6.61 Å². The fourth-order valence-electron chi connectivity index (χ4n) is 3.00. The molecule has 0 aliphatic carbocycles. The minimum absolute atomic E-state index is 0.164. The Balaban J connectivity index is 1.67. The summed E-state index contributed by atoms with van der Waals surface area (Å²) < 4.78 is 13.0. The average molecular weight is 399 g/mol. The summed E-state index contributed by atoms with van der Waals surface area (Å²) in [6, 6.07) is 3.44.